The Balaban J connectivity index is 2.14. The first-order chi connectivity index (χ1) is 8.36. The predicted molar refractivity (Wildman–Crippen MR) is 68.0 cm³/mol. The van der Waals surface area contributed by atoms with Gasteiger partial charge < -0.3 is 14.6 Å². The van der Waals surface area contributed by atoms with Gasteiger partial charge in [0, 0.05) is 26.1 Å². The van der Waals surface area contributed by atoms with E-state index in [1.165, 1.54) is 0 Å². The second-order valence-corrected chi connectivity index (χ2v) is 4.44. The van der Waals surface area contributed by atoms with E-state index in [0.717, 1.165) is 62.9 Å². The lowest BCUT2D eigenvalue weighted by atomic mass is 10.1. The number of aliphatic hydroxyl groups is 2. The van der Waals surface area contributed by atoms with E-state index in [9.17, 15) is 0 Å². The van der Waals surface area contributed by atoms with Crippen LogP contribution < -0.4 is 0 Å². The van der Waals surface area contributed by atoms with Crippen molar-refractivity contribution in [1.82, 2.24) is 0 Å². The van der Waals surface area contributed by atoms with Crippen LogP contribution >= 0.6 is 0 Å². The molecule has 0 saturated heterocycles. The Hall–Kier alpha value is -0.800. The fourth-order valence-corrected chi connectivity index (χ4v) is 1.87. The highest BCUT2D eigenvalue weighted by Crippen LogP contribution is 2.14. The molecule has 1 aromatic heterocycles. The topological polar surface area (TPSA) is 53.6 Å². The summed E-state index contributed by atoms with van der Waals surface area (Å²) in [6.07, 6.45) is 7.98. The molecule has 0 unspecified atom stereocenters. The highest BCUT2D eigenvalue weighted by Gasteiger charge is 2.02. The van der Waals surface area contributed by atoms with E-state index in [2.05, 4.69) is 12.1 Å². The van der Waals surface area contributed by atoms with Crippen LogP contribution in [-0.2, 0) is 12.8 Å². The van der Waals surface area contributed by atoms with Gasteiger partial charge in [-0.15, -0.1) is 0 Å². The molecule has 3 nitrogen and oxygen atoms in total. The summed E-state index contributed by atoms with van der Waals surface area (Å²) in [4.78, 5) is 0. The van der Waals surface area contributed by atoms with Gasteiger partial charge in [-0.2, -0.15) is 0 Å². The maximum atomic E-state index is 8.67. The van der Waals surface area contributed by atoms with Crippen LogP contribution in [-0.4, -0.2) is 23.4 Å². The summed E-state index contributed by atoms with van der Waals surface area (Å²) in [7, 11) is 0. The largest absolute Gasteiger partial charge is 0.466 e. The highest BCUT2D eigenvalue weighted by molar-refractivity contribution is 5.07. The Morgan fingerprint density at radius 2 is 1.18 bits per heavy atom. The smallest absolute Gasteiger partial charge is 0.104 e. The Morgan fingerprint density at radius 3 is 1.59 bits per heavy atom. The van der Waals surface area contributed by atoms with Crippen LogP contribution in [0.25, 0.3) is 0 Å². The van der Waals surface area contributed by atoms with E-state index in [4.69, 9.17) is 14.6 Å². The fourth-order valence-electron chi connectivity index (χ4n) is 1.87. The molecule has 0 fully saturated rings. The molecular weight excluding hydrogens is 216 g/mol. The summed E-state index contributed by atoms with van der Waals surface area (Å²) in [6.45, 7) is 0.572. The Labute approximate surface area is 103 Å². The summed E-state index contributed by atoms with van der Waals surface area (Å²) in [5.41, 5.74) is 0. The van der Waals surface area contributed by atoms with Gasteiger partial charge in [-0.3, -0.25) is 0 Å². The lowest BCUT2D eigenvalue weighted by Crippen LogP contribution is -1.87. The summed E-state index contributed by atoms with van der Waals surface area (Å²) in [5, 5.41) is 17.3. The maximum Gasteiger partial charge on any atom is 0.104 e. The van der Waals surface area contributed by atoms with E-state index >= 15 is 0 Å². The van der Waals surface area contributed by atoms with Crippen molar-refractivity contribution in [3.63, 3.8) is 0 Å². The molecular formula is C14H24O3. The molecule has 98 valence electrons. The third-order valence-electron chi connectivity index (χ3n) is 2.88. The van der Waals surface area contributed by atoms with E-state index in [1.807, 2.05) is 0 Å². The van der Waals surface area contributed by atoms with Crippen LogP contribution in [0.4, 0.5) is 0 Å². The standard InChI is InChI=1S/C14H24O3/c15-11-5-1-3-7-13-9-10-14(17-13)8-4-2-6-12-16/h9-10,15-16H,1-8,11-12H2. The molecule has 1 heterocycles. The Bertz CT molecular complexity index is 254. The van der Waals surface area contributed by atoms with Crippen molar-refractivity contribution < 1.29 is 14.6 Å². The van der Waals surface area contributed by atoms with Gasteiger partial charge in [0.05, 0.1) is 0 Å². The van der Waals surface area contributed by atoms with E-state index in [-0.39, 0.29) is 13.2 Å². The first kappa shape index (κ1) is 14.3. The average molecular weight is 240 g/mol. The van der Waals surface area contributed by atoms with Crippen molar-refractivity contribution in [3.05, 3.63) is 23.7 Å². The number of rotatable bonds is 10. The highest BCUT2D eigenvalue weighted by atomic mass is 16.3. The minimum absolute atomic E-state index is 0.286. The maximum absolute atomic E-state index is 8.67. The molecule has 2 N–H and O–H groups in total. The normalized spacial score (nSPS) is 10.9. The van der Waals surface area contributed by atoms with E-state index in [1.54, 1.807) is 0 Å². The van der Waals surface area contributed by atoms with E-state index < -0.39 is 0 Å². The van der Waals surface area contributed by atoms with Crippen LogP contribution in [0.1, 0.15) is 50.0 Å². The van der Waals surface area contributed by atoms with Crippen LogP contribution in [0, 0.1) is 0 Å². The molecule has 0 atom stereocenters. The van der Waals surface area contributed by atoms with Gasteiger partial charge in [0.15, 0.2) is 0 Å². The molecule has 3 heteroatoms. The number of unbranched alkanes of at least 4 members (excludes halogenated alkanes) is 4. The van der Waals surface area contributed by atoms with Crippen molar-refractivity contribution in [3.8, 4) is 0 Å². The summed E-state index contributed by atoms with van der Waals surface area (Å²) >= 11 is 0. The molecule has 0 aliphatic carbocycles. The number of aliphatic hydroxyl groups excluding tert-OH is 2. The molecule has 0 radical (unpaired) electrons. The second kappa shape index (κ2) is 9.25. The molecule has 1 rings (SSSR count). The lowest BCUT2D eigenvalue weighted by Gasteiger charge is -1.98. The quantitative estimate of drug-likeness (QED) is 0.618. The number of hydrogen-bond acceptors (Lipinski definition) is 3. The van der Waals surface area contributed by atoms with Crippen molar-refractivity contribution >= 4 is 0 Å². The molecule has 17 heavy (non-hydrogen) atoms. The zero-order valence-corrected chi connectivity index (χ0v) is 10.5. The first-order valence-electron chi connectivity index (χ1n) is 6.66. The third kappa shape index (κ3) is 6.49. The molecule has 0 bridgehead atoms. The average Bonchev–Trinajstić information content (AvgIpc) is 2.78. The first-order valence-corrected chi connectivity index (χ1v) is 6.66. The van der Waals surface area contributed by atoms with Gasteiger partial charge in [-0.05, 0) is 37.8 Å². The van der Waals surface area contributed by atoms with Crippen molar-refractivity contribution in [1.29, 1.82) is 0 Å². The van der Waals surface area contributed by atoms with Crippen molar-refractivity contribution in [2.45, 2.75) is 51.4 Å². The van der Waals surface area contributed by atoms with Gasteiger partial charge in [-0.1, -0.05) is 12.8 Å². The van der Waals surface area contributed by atoms with Gasteiger partial charge in [-0.25, -0.2) is 0 Å². The van der Waals surface area contributed by atoms with Crippen LogP contribution in [0.5, 0.6) is 0 Å². The van der Waals surface area contributed by atoms with Crippen molar-refractivity contribution in [2.24, 2.45) is 0 Å². The Kier molecular flexibility index (Phi) is 7.76. The number of furan rings is 1. The van der Waals surface area contributed by atoms with Crippen molar-refractivity contribution in [2.75, 3.05) is 13.2 Å². The number of aryl methyl sites for hydroxylation is 2. The molecule has 1 aromatic rings. The minimum Gasteiger partial charge on any atom is -0.466 e. The summed E-state index contributed by atoms with van der Waals surface area (Å²) in [5.74, 6) is 2.11. The van der Waals surface area contributed by atoms with Crippen LogP contribution in [0.2, 0.25) is 0 Å². The van der Waals surface area contributed by atoms with Gasteiger partial charge in [0.25, 0.3) is 0 Å². The van der Waals surface area contributed by atoms with E-state index in [0.29, 0.717) is 0 Å². The summed E-state index contributed by atoms with van der Waals surface area (Å²) < 4.78 is 5.72. The molecule has 0 spiro atoms. The SMILES string of the molecule is OCCCCCc1ccc(CCCCCO)o1. The minimum atomic E-state index is 0.286. The number of hydrogen-bond donors (Lipinski definition) is 2. The third-order valence-corrected chi connectivity index (χ3v) is 2.88. The molecule has 0 aliphatic rings. The monoisotopic (exact) mass is 240 g/mol. The zero-order valence-electron chi connectivity index (χ0n) is 10.5. The predicted octanol–water partition coefficient (Wildman–Crippen LogP) is 2.69. The Morgan fingerprint density at radius 1 is 0.706 bits per heavy atom. The molecule has 0 amide bonds. The summed E-state index contributed by atoms with van der Waals surface area (Å²) in [6, 6.07) is 4.11. The fraction of sp³-hybridized carbons (Fsp3) is 0.714. The lowest BCUT2D eigenvalue weighted by molar-refractivity contribution is 0.282. The van der Waals surface area contributed by atoms with Gasteiger partial charge in [0.2, 0.25) is 0 Å². The molecule has 0 saturated carbocycles. The van der Waals surface area contributed by atoms with Crippen LogP contribution in [0.3, 0.4) is 0 Å². The zero-order chi connectivity index (χ0) is 12.3. The van der Waals surface area contributed by atoms with Gasteiger partial charge >= 0.3 is 0 Å². The molecule has 0 aliphatic heterocycles. The molecule has 0 aromatic carbocycles. The van der Waals surface area contributed by atoms with Gasteiger partial charge in [0.1, 0.15) is 11.5 Å². The van der Waals surface area contributed by atoms with Crippen LogP contribution in [0.15, 0.2) is 16.5 Å². The second-order valence-electron chi connectivity index (χ2n) is 4.44.